The molecule has 0 aliphatic rings. The molecule has 0 rings (SSSR count). The lowest BCUT2D eigenvalue weighted by atomic mass is 10.2. The number of nitrogens with one attached hydrogen (secondary N) is 1. The van der Waals surface area contributed by atoms with Crippen molar-refractivity contribution in [2.75, 3.05) is 13.7 Å². The monoisotopic (exact) mass is 275 g/mol. The van der Waals surface area contributed by atoms with E-state index in [0.717, 1.165) is 11.1 Å². The number of rotatable bonds is 9. The van der Waals surface area contributed by atoms with E-state index in [-0.39, 0.29) is 0 Å². The fraction of sp³-hybridized carbons (Fsp3) is 0.250. The van der Waals surface area contributed by atoms with Crippen LogP contribution in [0.4, 0.5) is 0 Å². The van der Waals surface area contributed by atoms with Gasteiger partial charge in [0.2, 0.25) is 0 Å². The Morgan fingerprint density at radius 2 is 2.05 bits per heavy atom. The molecule has 0 aliphatic heterocycles. The molecule has 0 aromatic rings. The lowest BCUT2D eigenvalue weighted by Crippen LogP contribution is -2.05. The minimum absolute atomic E-state index is 0.392. The van der Waals surface area contributed by atoms with Crippen molar-refractivity contribution < 1.29 is 4.74 Å². The molecule has 0 atom stereocenters. The van der Waals surface area contributed by atoms with Crippen LogP contribution in [0.5, 0.6) is 0 Å². The summed E-state index contributed by atoms with van der Waals surface area (Å²) in [7, 11) is 1.83. The maximum atomic E-state index is 5.81. The molecule has 5 N–H and O–H groups in total. The summed E-state index contributed by atoms with van der Waals surface area (Å²) in [5.41, 5.74) is 13.2. The average molecular weight is 275 g/mol. The van der Waals surface area contributed by atoms with E-state index in [4.69, 9.17) is 16.2 Å². The molecule has 0 spiro atoms. The van der Waals surface area contributed by atoms with E-state index in [1.807, 2.05) is 50.6 Å². The highest BCUT2D eigenvalue weighted by molar-refractivity contribution is 5.22. The largest absolute Gasteiger partial charge is 0.475 e. The molecule has 4 nitrogen and oxygen atoms in total. The molecule has 0 unspecified atom stereocenters. The topological polar surface area (TPSA) is 73.3 Å². The van der Waals surface area contributed by atoms with Crippen molar-refractivity contribution in [2.24, 2.45) is 11.5 Å². The third-order valence-corrected chi connectivity index (χ3v) is 2.40. The van der Waals surface area contributed by atoms with Gasteiger partial charge in [-0.15, -0.1) is 0 Å². The van der Waals surface area contributed by atoms with Crippen molar-refractivity contribution in [3.05, 3.63) is 72.5 Å². The lowest BCUT2D eigenvalue weighted by molar-refractivity contribution is 0.237. The van der Waals surface area contributed by atoms with Gasteiger partial charge in [-0.05, 0) is 49.0 Å². The highest BCUT2D eigenvalue weighted by atomic mass is 16.5. The highest BCUT2D eigenvalue weighted by Crippen LogP contribution is 2.06. The molecule has 110 valence electrons. The van der Waals surface area contributed by atoms with Gasteiger partial charge in [0, 0.05) is 7.05 Å². The summed E-state index contributed by atoms with van der Waals surface area (Å²) in [6, 6.07) is 0. The number of hydrogen-bond donors (Lipinski definition) is 3. The Bertz CT molecular complexity index is 429. The van der Waals surface area contributed by atoms with E-state index in [9.17, 15) is 0 Å². The van der Waals surface area contributed by atoms with E-state index in [1.54, 1.807) is 6.08 Å². The van der Waals surface area contributed by atoms with Crippen molar-refractivity contribution in [1.82, 2.24) is 5.32 Å². The van der Waals surface area contributed by atoms with Crippen molar-refractivity contribution in [3.8, 4) is 0 Å². The summed E-state index contributed by atoms with van der Waals surface area (Å²) in [6.45, 7) is 6.01. The summed E-state index contributed by atoms with van der Waals surface area (Å²) in [6.07, 6.45) is 15.1. The lowest BCUT2D eigenvalue weighted by Gasteiger charge is -2.07. The first kappa shape index (κ1) is 17.6. The Morgan fingerprint density at radius 3 is 2.60 bits per heavy atom. The van der Waals surface area contributed by atoms with Crippen LogP contribution in [0.15, 0.2) is 72.5 Å². The Morgan fingerprint density at radius 1 is 1.30 bits per heavy atom. The molecule has 0 aromatic heterocycles. The smallest absolute Gasteiger partial charge is 0.180 e. The molecular weight excluding hydrogens is 250 g/mol. The van der Waals surface area contributed by atoms with Crippen molar-refractivity contribution in [1.29, 1.82) is 0 Å². The van der Waals surface area contributed by atoms with Crippen molar-refractivity contribution >= 4 is 0 Å². The van der Waals surface area contributed by atoms with E-state index < -0.39 is 0 Å². The van der Waals surface area contributed by atoms with Crippen LogP contribution in [0.25, 0.3) is 0 Å². The van der Waals surface area contributed by atoms with Crippen LogP contribution in [0.1, 0.15) is 13.3 Å². The number of allylic oxidation sites excluding steroid dienone is 6. The minimum Gasteiger partial charge on any atom is -0.475 e. The fourth-order valence-corrected chi connectivity index (χ4v) is 1.35. The molecule has 20 heavy (non-hydrogen) atoms. The zero-order valence-electron chi connectivity index (χ0n) is 12.3. The quantitative estimate of drug-likeness (QED) is 0.446. The maximum absolute atomic E-state index is 5.81. The first-order valence-electron chi connectivity index (χ1n) is 6.45. The molecule has 0 bridgehead atoms. The second kappa shape index (κ2) is 11.7. The van der Waals surface area contributed by atoms with E-state index in [0.29, 0.717) is 18.9 Å². The third-order valence-electron chi connectivity index (χ3n) is 2.40. The second-order valence-corrected chi connectivity index (χ2v) is 3.92. The zero-order chi connectivity index (χ0) is 15.2. The van der Waals surface area contributed by atoms with Gasteiger partial charge >= 0.3 is 0 Å². The first-order valence-corrected chi connectivity index (χ1v) is 6.45. The molecule has 0 radical (unpaired) electrons. The van der Waals surface area contributed by atoms with E-state index in [2.05, 4.69) is 11.9 Å². The molecule has 0 saturated carbocycles. The minimum atomic E-state index is 0.392. The van der Waals surface area contributed by atoms with Gasteiger partial charge in [0.1, 0.15) is 6.61 Å². The fourth-order valence-electron chi connectivity index (χ4n) is 1.35. The predicted octanol–water partition coefficient (Wildman–Crippen LogP) is 2.46. The molecule has 4 heteroatoms. The number of nitrogens with two attached hydrogens (primary N) is 2. The molecule has 0 saturated heterocycles. The van der Waals surface area contributed by atoms with E-state index >= 15 is 0 Å². The number of ether oxygens (including phenoxy) is 1. The van der Waals surface area contributed by atoms with Gasteiger partial charge in [-0.3, -0.25) is 0 Å². The predicted molar refractivity (Wildman–Crippen MR) is 86.4 cm³/mol. The second-order valence-electron chi connectivity index (χ2n) is 3.92. The van der Waals surface area contributed by atoms with E-state index in [1.165, 1.54) is 6.20 Å². The van der Waals surface area contributed by atoms with Gasteiger partial charge in [0.15, 0.2) is 5.88 Å². The Kier molecular flexibility index (Phi) is 10.3. The van der Waals surface area contributed by atoms with Crippen molar-refractivity contribution in [3.63, 3.8) is 0 Å². The standard InChI is InChI=1S/C16H25N3O/c1-4-6-7-14(5-2)13-20-16(18)9-8-15(10-11-17)12-19-3/h4-7,9-12,19H,1,8,13,17-18H2,2-3H3/b7-6-,11-10-,14-5+,15-12+,16-9+. The van der Waals surface area contributed by atoms with Gasteiger partial charge < -0.3 is 21.5 Å². The Balaban J connectivity index is 4.42. The first-order chi connectivity index (χ1) is 9.67. The van der Waals surface area contributed by atoms with Crippen LogP contribution in [0, 0.1) is 0 Å². The van der Waals surface area contributed by atoms with Gasteiger partial charge in [0.05, 0.1) is 0 Å². The maximum Gasteiger partial charge on any atom is 0.180 e. The van der Waals surface area contributed by atoms with Crippen LogP contribution >= 0.6 is 0 Å². The summed E-state index contributed by atoms with van der Waals surface area (Å²) < 4.78 is 5.48. The van der Waals surface area contributed by atoms with Gasteiger partial charge in [-0.1, -0.05) is 30.9 Å². The molecule has 0 heterocycles. The summed E-state index contributed by atoms with van der Waals surface area (Å²) >= 11 is 0. The van der Waals surface area contributed by atoms with Crippen LogP contribution in [0.2, 0.25) is 0 Å². The van der Waals surface area contributed by atoms with Gasteiger partial charge in [0.25, 0.3) is 0 Å². The van der Waals surface area contributed by atoms with Crippen LogP contribution in [-0.2, 0) is 4.74 Å². The van der Waals surface area contributed by atoms with Crippen LogP contribution in [0.3, 0.4) is 0 Å². The summed E-state index contributed by atoms with van der Waals surface area (Å²) in [5, 5.41) is 2.95. The normalized spacial score (nSPS) is 14.0. The highest BCUT2D eigenvalue weighted by Gasteiger charge is 1.96. The molecule has 0 aromatic carbocycles. The molecule has 0 aliphatic carbocycles. The SMILES string of the molecule is C=C/C=C\C(=C/C)CO/C(N)=C/CC(/C=C\N)=C\NC. The van der Waals surface area contributed by atoms with Crippen LogP contribution in [-0.4, -0.2) is 13.7 Å². The summed E-state index contributed by atoms with van der Waals surface area (Å²) in [5.74, 6) is 0.392. The van der Waals surface area contributed by atoms with Gasteiger partial charge in [-0.2, -0.15) is 0 Å². The third kappa shape index (κ3) is 8.69. The van der Waals surface area contributed by atoms with Crippen molar-refractivity contribution in [2.45, 2.75) is 13.3 Å². The molecule has 0 fully saturated rings. The van der Waals surface area contributed by atoms with Crippen LogP contribution < -0.4 is 16.8 Å². The number of hydrogen-bond acceptors (Lipinski definition) is 4. The molecule has 0 amide bonds. The zero-order valence-corrected chi connectivity index (χ0v) is 12.3. The average Bonchev–Trinajstić information content (AvgIpc) is 2.45. The molecular formula is C16H25N3O. The van der Waals surface area contributed by atoms with Gasteiger partial charge in [-0.25, -0.2) is 0 Å². The Hall–Kier alpha value is -2.36. The Labute approximate surface area is 121 Å². The summed E-state index contributed by atoms with van der Waals surface area (Å²) in [4.78, 5) is 0.